The van der Waals surface area contributed by atoms with Crippen LogP contribution in [0.1, 0.15) is 57.8 Å². The summed E-state index contributed by atoms with van der Waals surface area (Å²) in [5, 5.41) is 0. The first-order chi connectivity index (χ1) is 14.3. The van der Waals surface area contributed by atoms with Crippen molar-refractivity contribution in [2.75, 3.05) is 0 Å². The second-order valence-electron chi connectivity index (χ2n) is 9.26. The number of hydrogen-bond donors (Lipinski definition) is 0. The summed E-state index contributed by atoms with van der Waals surface area (Å²) in [5.41, 5.74) is 11.2. The first-order valence-corrected chi connectivity index (χ1v) is 12.2. The minimum absolute atomic E-state index is 0.351. The number of allylic oxidation sites excluding steroid dienone is 11. The van der Waals surface area contributed by atoms with Crippen LogP contribution in [0.25, 0.3) is 0 Å². The van der Waals surface area contributed by atoms with Gasteiger partial charge in [0.25, 0.3) is 0 Å². The maximum atomic E-state index is 5.58. The van der Waals surface area contributed by atoms with E-state index in [1.165, 1.54) is 55.1 Å². The van der Waals surface area contributed by atoms with Crippen LogP contribution >= 0.6 is 15.9 Å². The van der Waals surface area contributed by atoms with Crippen LogP contribution in [0.2, 0.25) is 0 Å². The number of nitrogens with zero attached hydrogens (tertiary/aromatic N) is 1. The van der Waals surface area contributed by atoms with Crippen molar-refractivity contribution in [1.29, 1.82) is 0 Å². The fraction of sp³-hybridized carbons (Fsp3) is 0.444. The standard InChI is InChI=1S/C27H28BrN/c28-20-13-9-19(10-14-20)25-23-15-11-17-5-1-3-7-21(17)26(23)29-27-22-8-4-2-6-18(22)12-16-24(25)27/h1,3-5,8-9,13,21,24,27H,2,6-7,10-12,14-16H2. The fourth-order valence-corrected chi connectivity index (χ4v) is 6.71. The largest absolute Gasteiger partial charge is 0.280 e. The van der Waals surface area contributed by atoms with Gasteiger partial charge in [0.15, 0.2) is 0 Å². The summed E-state index contributed by atoms with van der Waals surface area (Å²) in [7, 11) is 0. The Balaban J connectivity index is 1.52. The van der Waals surface area contributed by atoms with Gasteiger partial charge in [-0.1, -0.05) is 69.6 Å². The molecular weight excluding hydrogens is 418 g/mol. The monoisotopic (exact) mass is 445 g/mol. The Labute approximate surface area is 182 Å². The molecule has 0 aromatic rings. The Morgan fingerprint density at radius 3 is 2.79 bits per heavy atom. The van der Waals surface area contributed by atoms with Crippen LogP contribution in [0, 0.1) is 11.8 Å². The van der Waals surface area contributed by atoms with E-state index in [0.29, 0.717) is 17.9 Å². The lowest BCUT2D eigenvalue weighted by atomic mass is 9.64. The molecule has 3 atom stereocenters. The predicted molar refractivity (Wildman–Crippen MR) is 125 cm³/mol. The number of dihydropyridines is 1. The molecular formula is C27H28BrN. The molecule has 0 N–H and O–H groups in total. The summed E-state index contributed by atoms with van der Waals surface area (Å²) in [5.74, 6) is 1.10. The molecule has 0 aromatic heterocycles. The number of aliphatic imine (C=N–C) groups is 1. The average Bonchev–Trinajstić information content (AvgIpc) is 2.78. The lowest BCUT2D eigenvalue weighted by molar-refractivity contribution is 0.444. The van der Waals surface area contributed by atoms with E-state index in [1.54, 1.807) is 33.4 Å². The van der Waals surface area contributed by atoms with Crippen molar-refractivity contribution in [3.05, 3.63) is 80.5 Å². The molecule has 148 valence electrons. The highest BCUT2D eigenvalue weighted by Crippen LogP contribution is 2.50. The summed E-state index contributed by atoms with van der Waals surface area (Å²) >= 11 is 3.71. The van der Waals surface area contributed by atoms with Gasteiger partial charge in [0.2, 0.25) is 0 Å². The van der Waals surface area contributed by atoms with Crippen LogP contribution in [-0.4, -0.2) is 11.8 Å². The second kappa shape index (κ2) is 7.23. The molecule has 0 spiro atoms. The average molecular weight is 446 g/mol. The third-order valence-corrected chi connectivity index (χ3v) is 8.42. The number of halogens is 1. The Morgan fingerprint density at radius 2 is 1.90 bits per heavy atom. The third kappa shape index (κ3) is 2.98. The van der Waals surface area contributed by atoms with Crippen LogP contribution in [0.3, 0.4) is 0 Å². The fourth-order valence-electron chi connectivity index (χ4n) is 6.38. The van der Waals surface area contributed by atoms with Crippen molar-refractivity contribution in [1.82, 2.24) is 0 Å². The molecule has 0 radical (unpaired) electrons. The summed E-state index contributed by atoms with van der Waals surface area (Å²) in [6.45, 7) is 0. The van der Waals surface area contributed by atoms with Gasteiger partial charge in [-0.25, -0.2) is 0 Å². The Hall–Kier alpha value is -1.67. The van der Waals surface area contributed by atoms with Crippen molar-refractivity contribution >= 4 is 21.6 Å². The third-order valence-electron chi connectivity index (χ3n) is 7.76. The van der Waals surface area contributed by atoms with Gasteiger partial charge in [-0.2, -0.15) is 0 Å². The van der Waals surface area contributed by atoms with E-state index in [-0.39, 0.29) is 0 Å². The maximum Gasteiger partial charge on any atom is 0.0820 e. The molecule has 6 rings (SSSR count). The molecule has 3 unspecified atom stereocenters. The topological polar surface area (TPSA) is 12.4 Å². The molecule has 0 aromatic carbocycles. The highest BCUT2D eigenvalue weighted by molar-refractivity contribution is 9.11. The van der Waals surface area contributed by atoms with Gasteiger partial charge in [-0.15, -0.1) is 0 Å². The second-order valence-corrected chi connectivity index (χ2v) is 10.3. The van der Waals surface area contributed by atoms with E-state index >= 15 is 0 Å². The molecule has 6 aliphatic rings. The van der Waals surface area contributed by atoms with Crippen LogP contribution in [-0.2, 0) is 0 Å². The first kappa shape index (κ1) is 18.1. The summed E-state index contributed by atoms with van der Waals surface area (Å²) < 4.78 is 1.34. The molecule has 1 aliphatic heterocycles. The smallest absolute Gasteiger partial charge is 0.0820 e. The maximum absolute atomic E-state index is 5.58. The van der Waals surface area contributed by atoms with Crippen LogP contribution in [0.5, 0.6) is 0 Å². The van der Waals surface area contributed by atoms with Crippen LogP contribution < -0.4 is 0 Å². The van der Waals surface area contributed by atoms with E-state index < -0.39 is 0 Å². The predicted octanol–water partition coefficient (Wildman–Crippen LogP) is 7.46. The Morgan fingerprint density at radius 1 is 0.931 bits per heavy atom. The highest BCUT2D eigenvalue weighted by Gasteiger charge is 2.42. The molecule has 1 nitrogen and oxygen atoms in total. The zero-order valence-corrected chi connectivity index (χ0v) is 18.5. The first-order valence-electron chi connectivity index (χ1n) is 11.4. The zero-order chi connectivity index (χ0) is 19.4. The van der Waals surface area contributed by atoms with E-state index in [2.05, 4.69) is 58.5 Å². The molecule has 29 heavy (non-hydrogen) atoms. The van der Waals surface area contributed by atoms with Crippen molar-refractivity contribution in [2.45, 2.75) is 63.8 Å². The van der Waals surface area contributed by atoms with Gasteiger partial charge in [0.05, 0.1) is 6.04 Å². The molecule has 1 saturated carbocycles. The molecule has 1 heterocycles. The quantitative estimate of drug-likeness (QED) is 0.397. The summed E-state index contributed by atoms with van der Waals surface area (Å²) in [4.78, 5) is 5.58. The van der Waals surface area contributed by atoms with E-state index in [1.807, 2.05) is 0 Å². The molecule has 0 bridgehead atoms. The molecule has 2 heteroatoms. The van der Waals surface area contributed by atoms with Crippen molar-refractivity contribution < 1.29 is 0 Å². The van der Waals surface area contributed by atoms with Crippen molar-refractivity contribution in [3.8, 4) is 0 Å². The normalized spacial score (nSPS) is 33.1. The lowest BCUT2D eigenvalue weighted by Crippen LogP contribution is -2.39. The number of fused-ring (bicyclic) bond motifs is 5. The minimum Gasteiger partial charge on any atom is -0.280 e. The summed E-state index contributed by atoms with van der Waals surface area (Å²) in [6, 6.07) is 0.351. The van der Waals surface area contributed by atoms with Crippen molar-refractivity contribution in [2.24, 2.45) is 16.8 Å². The van der Waals surface area contributed by atoms with Crippen molar-refractivity contribution in [3.63, 3.8) is 0 Å². The van der Waals surface area contributed by atoms with E-state index in [4.69, 9.17) is 4.99 Å². The van der Waals surface area contributed by atoms with Crippen LogP contribution in [0.4, 0.5) is 0 Å². The van der Waals surface area contributed by atoms with E-state index in [9.17, 15) is 0 Å². The molecule has 0 saturated heterocycles. The minimum atomic E-state index is 0.351. The highest BCUT2D eigenvalue weighted by atomic mass is 79.9. The molecule has 5 aliphatic carbocycles. The summed E-state index contributed by atoms with van der Waals surface area (Å²) in [6.07, 6.45) is 27.3. The van der Waals surface area contributed by atoms with Crippen LogP contribution in [0.15, 0.2) is 85.4 Å². The zero-order valence-electron chi connectivity index (χ0n) is 17.0. The Kier molecular flexibility index (Phi) is 4.52. The van der Waals surface area contributed by atoms with Gasteiger partial charge in [-0.05, 0) is 84.6 Å². The molecule has 1 fully saturated rings. The van der Waals surface area contributed by atoms with Gasteiger partial charge >= 0.3 is 0 Å². The van der Waals surface area contributed by atoms with E-state index in [0.717, 1.165) is 12.8 Å². The Bertz CT molecular complexity index is 1010. The SMILES string of the molecule is BrC1=CC=C(C2=C3CCC4=CC=CCC4C3=NC3C4=C(CCC=C4)CCC23)CC1. The van der Waals surface area contributed by atoms with Gasteiger partial charge < -0.3 is 0 Å². The van der Waals surface area contributed by atoms with Gasteiger partial charge in [-0.3, -0.25) is 4.99 Å². The van der Waals surface area contributed by atoms with Gasteiger partial charge in [0, 0.05) is 17.5 Å². The number of hydrogen-bond acceptors (Lipinski definition) is 1. The molecule has 0 amide bonds. The lowest BCUT2D eigenvalue weighted by Gasteiger charge is -2.44. The van der Waals surface area contributed by atoms with Gasteiger partial charge in [0.1, 0.15) is 0 Å². The number of rotatable bonds is 1.